The highest BCUT2D eigenvalue weighted by atomic mass is 16.3. The van der Waals surface area contributed by atoms with Crippen molar-refractivity contribution in [2.45, 2.75) is 70.3 Å². The predicted octanol–water partition coefficient (Wildman–Crippen LogP) is 15.9. The molecule has 1 aromatic heterocycles. The Morgan fingerprint density at radius 2 is 1.43 bits per heavy atom. The van der Waals surface area contributed by atoms with E-state index in [0.29, 0.717) is 5.92 Å². The summed E-state index contributed by atoms with van der Waals surface area (Å²) in [5, 5.41) is 2.36. The summed E-state index contributed by atoms with van der Waals surface area (Å²) < 4.78 is 7.23. The molecule has 0 saturated heterocycles. The van der Waals surface area contributed by atoms with Crippen molar-refractivity contribution in [1.82, 2.24) is 0 Å². The molecule has 3 nitrogen and oxygen atoms in total. The fourth-order valence-corrected chi connectivity index (χ4v) is 12.5. The van der Waals surface area contributed by atoms with Crippen LogP contribution in [0.3, 0.4) is 0 Å². The van der Waals surface area contributed by atoms with Gasteiger partial charge in [0.15, 0.2) is 5.58 Å². The number of fused-ring (bicyclic) bond motifs is 12. The molecule has 2 heterocycles. The van der Waals surface area contributed by atoms with Gasteiger partial charge in [-0.3, -0.25) is 0 Å². The van der Waals surface area contributed by atoms with Gasteiger partial charge in [0, 0.05) is 44.9 Å². The maximum atomic E-state index is 7.23. The van der Waals surface area contributed by atoms with Gasteiger partial charge in [0.25, 0.3) is 0 Å². The normalized spacial score (nSPS) is 20.2. The van der Waals surface area contributed by atoms with Gasteiger partial charge >= 0.3 is 0 Å². The van der Waals surface area contributed by atoms with Crippen LogP contribution in [0.4, 0.5) is 17.1 Å². The third-order valence-electron chi connectivity index (χ3n) is 15.6. The topological polar surface area (TPSA) is 19.6 Å². The van der Waals surface area contributed by atoms with Crippen LogP contribution in [0.25, 0.3) is 44.2 Å². The zero-order valence-corrected chi connectivity index (χ0v) is 37.4. The zero-order chi connectivity index (χ0) is 43.4. The van der Waals surface area contributed by atoms with E-state index < -0.39 is 0 Å². The molecule has 0 amide bonds. The number of hydrogen-bond acceptors (Lipinski definition) is 3. The molecule has 3 atom stereocenters. The molecule has 0 saturated carbocycles. The Kier molecular flexibility index (Phi) is 8.69. The van der Waals surface area contributed by atoms with E-state index in [9.17, 15) is 0 Å². The highest BCUT2D eigenvalue weighted by molar-refractivity contribution is 6.19. The molecule has 5 aliphatic rings. The molecule has 13 rings (SSSR count). The minimum Gasteiger partial charge on any atom is -0.454 e. The first-order valence-electron chi connectivity index (χ1n) is 23.7. The van der Waals surface area contributed by atoms with Crippen LogP contribution < -0.4 is 9.80 Å². The number of furan rings is 1. The van der Waals surface area contributed by atoms with Crippen LogP contribution in [0, 0.1) is 5.92 Å². The number of anilines is 3. The Balaban J connectivity index is 1.08. The fourth-order valence-electron chi connectivity index (χ4n) is 12.5. The van der Waals surface area contributed by atoms with Gasteiger partial charge in [-0.1, -0.05) is 160 Å². The van der Waals surface area contributed by atoms with Crippen LogP contribution >= 0.6 is 0 Å². The summed E-state index contributed by atoms with van der Waals surface area (Å²) in [5.41, 5.74) is 22.9. The molecular formula is C62H52N2O. The second-order valence-electron chi connectivity index (χ2n) is 19.4. The molecule has 65 heavy (non-hydrogen) atoms. The Hall–Kier alpha value is -7.10. The maximum Gasteiger partial charge on any atom is 0.160 e. The second-order valence-corrected chi connectivity index (χ2v) is 19.4. The molecule has 8 aromatic rings. The van der Waals surface area contributed by atoms with Crippen molar-refractivity contribution < 1.29 is 4.42 Å². The highest BCUT2D eigenvalue weighted by Crippen LogP contribution is 2.57. The average molecular weight is 841 g/mol. The minimum atomic E-state index is -0.221. The van der Waals surface area contributed by atoms with Gasteiger partial charge in [0.1, 0.15) is 5.58 Å². The molecule has 4 aliphatic carbocycles. The molecule has 1 aliphatic heterocycles. The van der Waals surface area contributed by atoms with Crippen LogP contribution in [0.1, 0.15) is 73.8 Å². The average Bonchev–Trinajstić information content (AvgIpc) is 3.97. The Morgan fingerprint density at radius 1 is 0.677 bits per heavy atom. The number of para-hydroxylation sites is 2. The minimum absolute atomic E-state index is 0.115. The van der Waals surface area contributed by atoms with Crippen molar-refractivity contribution in [2.24, 2.45) is 5.92 Å². The molecule has 0 N–H and O–H groups in total. The van der Waals surface area contributed by atoms with Gasteiger partial charge < -0.3 is 14.2 Å². The lowest BCUT2D eigenvalue weighted by atomic mass is 9.80. The van der Waals surface area contributed by atoms with Gasteiger partial charge in [-0.2, -0.15) is 0 Å². The monoisotopic (exact) mass is 840 g/mol. The van der Waals surface area contributed by atoms with E-state index in [-0.39, 0.29) is 17.4 Å². The molecule has 3 unspecified atom stereocenters. The van der Waals surface area contributed by atoms with E-state index in [0.717, 1.165) is 60.0 Å². The lowest BCUT2D eigenvalue weighted by Gasteiger charge is -2.41. The van der Waals surface area contributed by atoms with E-state index in [1.807, 2.05) is 0 Å². The summed E-state index contributed by atoms with van der Waals surface area (Å²) in [4.78, 5) is 5.27. The van der Waals surface area contributed by atoms with Crippen molar-refractivity contribution in [2.75, 3.05) is 9.80 Å². The standard InChI is InChI=1S/C62H52N2O/c1-39-54(35-34-48-47-24-13-16-28-55(47)64(60(39)48)44-21-8-5-9-22-44)63(45-33-32-43-36-42(40-18-6-4-7-19-40)31-30-41-20-10-11-23-46(41)51(43)37-45)56-38-53-58(49-25-12-15-27-52(49)62(53,2)3)59-50-26-14-17-29-57(50)65-61(56)59/h4-15,17-27,29,32-35,37-39,42,60H,16,28,30-31,36H2,1-3H3. The molecule has 3 heteroatoms. The number of allylic oxidation sites excluding steroid dienone is 5. The van der Waals surface area contributed by atoms with Gasteiger partial charge in [0.05, 0.1) is 11.7 Å². The first-order chi connectivity index (χ1) is 31.9. The molecule has 0 bridgehead atoms. The Morgan fingerprint density at radius 3 is 2.29 bits per heavy atom. The summed E-state index contributed by atoms with van der Waals surface area (Å²) >= 11 is 0. The zero-order valence-electron chi connectivity index (χ0n) is 37.4. The number of nitrogens with zero attached hydrogens (tertiary/aromatic N) is 2. The first-order valence-corrected chi connectivity index (χ1v) is 23.7. The van der Waals surface area contributed by atoms with Gasteiger partial charge in [0.2, 0.25) is 0 Å². The summed E-state index contributed by atoms with van der Waals surface area (Å²) in [6, 6.07) is 59.1. The summed E-state index contributed by atoms with van der Waals surface area (Å²) in [6.45, 7) is 7.27. The van der Waals surface area contributed by atoms with Crippen molar-refractivity contribution in [3.63, 3.8) is 0 Å². The van der Waals surface area contributed by atoms with Crippen molar-refractivity contribution in [1.29, 1.82) is 0 Å². The first kappa shape index (κ1) is 38.4. The van der Waals surface area contributed by atoms with E-state index in [1.54, 1.807) is 0 Å². The summed E-state index contributed by atoms with van der Waals surface area (Å²) in [5.74, 6) is 0.549. The number of aryl methyl sites for hydroxylation is 1. The van der Waals surface area contributed by atoms with Gasteiger partial charge in [-0.05, 0) is 142 Å². The Bertz CT molecular complexity index is 3360. The van der Waals surface area contributed by atoms with E-state index >= 15 is 0 Å². The molecule has 316 valence electrons. The van der Waals surface area contributed by atoms with Crippen LogP contribution in [0.2, 0.25) is 0 Å². The predicted molar refractivity (Wildman–Crippen MR) is 270 cm³/mol. The molecule has 0 spiro atoms. The van der Waals surface area contributed by atoms with Crippen LogP contribution in [-0.4, -0.2) is 6.04 Å². The molecule has 0 fully saturated rings. The van der Waals surface area contributed by atoms with E-state index in [1.165, 1.54) is 83.7 Å². The van der Waals surface area contributed by atoms with E-state index in [2.05, 4.69) is 213 Å². The molecule has 7 aromatic carbocycles. The van der Waals surface area contributed by atoms with Gasteiger partial charge in [-0.25, -0.2) is 0 Å². The smallest absolute Gasteiger partial charge is 0.160 e. The summed E-state index contributed by atoms with van der Waals surface area (Å²) in [7, 11) is 0. The van der Waals surface area contributed by atoms with E-state index in [4.69, 9.17) is 4.42 Å². The van der Waals surface area contributed by atoms with Crippen molar-refractivity contribution in [3.05, 3.63) is 232 Å². The molecule has 0 radical (unpaired) electrons. The number of benzene rings is 7. The second kappa shape index (κ2) is 14.7. The lowest BCUT2D eigenvalue weighted by Crippen LogP contribution is -2.41. The van der Waals surface area contributed by atoms with Crippen LogP contribution in [0.5, 0.6) is 0 Å². The number of hydrogen-bond donors (Lipinski definition) is 0. The maximum absolute atomic E-state index is 7.23. The molecular weight excluding hydrogens is 789 g/mol. The summed E-state index contributed by atoms with van der Waals surface area (Å²) in [6.07, 6.45) is 14.9. The van der Waals surface area contributed by atoms with Crippen LogP contribution in [-0.2, 0) is 18.3 Å². The highest BCUT2D eigenvalue weighted by Gasteiger charge is 2.45. The quantitative estimate of drug-likeness (QED) is 0.172. The number of rotatable bonds is 5. The SMILES string of the molecule is CC1C(N(c2ccc3c(c2)-c2ccccc2CCC(c2ccccc2)C3)c2cc3c(c4c2oc2ccccc24)-c2ccccc2C3(C)C)=CC=C2C3=C(CCC=C3)N(c3ccccc3)C21. The third kappa shape index (κ3) is 5.80. The Labute approximate surface area is 382 Å². The lowest BCUT2D eigenvalue weighted by molar-refractivity contribution is 0.552. The largest absolute Gasteiger partial charge is 0.454 e. The van der Waals surface area contributed by atoms with Crippen molar-refractivity contribution in [3.8, 4) is 22.3 Å². The van der Waals surface area contributed by atoms with Gasteiger partial charge in [-0.15, -0.1) is 0 Å². The fraction of sp³-hybridized carbons (Fsp3) is 0.194. The third-order valence-corrected chi connectivity index (χ3v) is 15.6. The van der Waals surface area contributed by atoms with Crippen LogP contribution in [0.15, 0.2) is 209 Å². The van der Waals surface area contributed by atoms with Crippen molar-refractivity contribution >= 4 is 39.0 Å².